The molecule has 1 unspecified atom stereocenters. The van der Waals surface area contributed by atoms with Gasteiger partial charge in [-0.05, 0) is 78.0 Å². The third kappa shape index (κ3) is 6.87. The quantitative estimate of drug-likeness (QED) is 0.303. The Morgan fingerprint density at radius 2 is 1.77 bits per heavy atom. The Morgan fingerprint density at radius 1 is 1.05 bits per heavy atom. The number of rotatable bonds is 7. The summed E-state index contributed by atoms with van der Waals surface area (Å²) in [7, 11) is 4.08. The molecule has 2 aliphatic rings. The summed E-state index contributed by atoms with van der Waals surface area (Å²) in [4.78, 5) is 14.3. The van der Waals surface area contributed by atoms with E-state index < -0.39 is 29.9 Å². The van der Waals surface area contributed by atoms with Crippen LogP contribution in [0.5, 0.6) is 11.5 Å². The van der Waals surface area contributed by atoms with Crippen LogP contribution in [-0.4, -0.2) is 73.1 Å². The monoisotopic (exact) mass is 606 g/mol. The second-order valence-electron chi connectivity index (χ2n) is 11.4. The van der Waals surface area contributed by atoms with Crippen molar-refractivity contribution in [3.63, 3.8) is 0 Å². The van der Waals surface area contributed by atoms with Crippen LogP contribution in [0.1, 0.15) is 33.6 Å². The van der Waals surface area contributed by atoms with Crippen molar-refractivity contribution >= 4 is 23.0 Å². The lowest BCUT2D eigenvalue weighted by atomic mass is 10.0. The van der Waals surface area contributed by atoms with E-state index in [-0.39, 0.29) is 29.0 Å². The first-order valence-corrected chi connectivity index (χ1v) is 14.2. The van der Waals surface area contributed by atoms with Crippen molar-refractivity contribution in [1.82, 2.24) is 14.9 Å². The van der Waals surface area contributed by atoms with Gasteiger partial charge in [-0.3, -0.25) is 0 Å². The number of nitrogens with zero attached hydrogens (tertiary/aromatic N) is 5. The van der Waals surface area contributed by atoms with Crippen molar-refractivity contribution in [2.45, 2.75) is 58.2 Å². The number of halogens is 5. The largest absolute Gasteiger partial charge is 0.573 e. The zero-order chi connectivity index (χ0) is 31.1. The van der Waals surface area contributed by atoms with Crippen molar-refractivity contribution in [3.05, 3.63) is 48.2 Å². The number of hydrogen-bond donors (Lipinski definition) is 1. The molecule has 2 aliphatic heterocycles. The number of anilines is 4. The van der Waals surface area contributed by atoms with Gasteiger partial charge in [0, 0.05) is 36.4 Å². The molecule has 1 aromatic heterocycles. The Balaban J connectivity index is 1.44. The fraction of sp³-hybridized carbons (Fsp3) is 0.467. The highest BCUT2D eigenvalue weighted by Crippen LogP contribution is 2.47. The van der Waals surface area contributed by atoms with Crippen LogP contribution >= 0.6 is 0 Å². The van der Waals surface area contributed by atoms with Crippen molar-refractivity contribution in [3.8, 4) is 22.8 Å². The molecular formula is C30H35F5N6O2. The van der Waals surface area contributed by atoms with Gasteiger partial charge in [0.1, 0.15) is 17.6 Å². The SMILES string of the molecule is CC1CN(C(C)C)c2cc(-c3nc(Nc4ccc(N5CCC(N(C)C)CC5)c(F)c4)ncc3F)cc(OC(F)(F)F)c2O1. The maximum atomic E-state index is 15.2. The number of piperidine rings is 1. The summed E-state index contributed by atoms with van der Waals surface area (Å²) in [6, 6.07) is 7.59. The molecule has 13 heteroatoms. The van der Waals surface area contributed by atoms with Gasteiger partial charge in [0.25, 0.3) is 0 Å². The summed E-state index contributed by atoms with van der Waals surface area (Å²) in [6.45, 7) is 7.40. The van der Waals surface area contributed by atoms with Gasteiger partial charge in [0.2, 0.25) is 5.95 Å². The normalized spacial score (nSPS) is 17.7. The molecule has 0 spiro atoms. The minimum atomic E-state index is -5.01. The molecule has 0 bridgehead atoms. The zero-order valence-electron chi connectivity index (χ0n) is 24.7. The molecule has 0 saturated carbocycles. The van der Waals surface area contributed by atoms with Crippen LogP contribution < -0.4 is 24.6 Å². The third-order valence-corrected chi connectivity index (χ3v) is 7.72. The number of alkyl halides is 3. The minimum absolute atomic E-state index is 0.0346. The molecule has 1 saturated heterocycles. The predicted molar refractivity (Wildman–Crippen MR) is 155 cm³/mol. The lowest BCUT2D eigenvalue weighted by Gasteiger charge is -2.38. The molecule has 2 aromatic carbocycles. The minimum Gasteiger partial charge on any atom is -0.483 e. The fourth-order valence-electron chi connectivity index (χ4n) is 5.58. The Kier molecular flexibility index (Phi) is 8.55. The average molecular weight is 607 g/mol. The highest BCUT2D eigenvalue weighted by molar-refractivity contribution is 5.77. The van der Waals surface area contributed by atoms with Gasteiger partial charge in [-0.15, -0.1) is 13.2 Å². The molecule has 5 rings (SSSR count). The van der Waals surface area contributed by atoms with E-state index >= 15 is 8.78 Å². The predicted octanol–water partition coefficient (Wildman–Crippen LogP) is 6.59. The van der Waals surface area contributed by atoms with Gasteiger partial charge in [-0.2, -0.15) is 0 Å². The van der Waals surface area contributed by atoms with Gasteiger partial charge in [-0.1, -0.05) is 0 Å². The van der Waals surface area contributed by atoms with Crippen LogP contribution in [0.25, 0.3) is 11.3 Å². The lowest BCUT2D eigenvalue weighted by Crippen LogP contribution is -2.42. The zero-order valence-corrected chi connectivity index (χ0v) is 24.7. The standard InChI is InChI=1S/C30H35F5N6O2/c1-17(2)41-16-18(3)42-28-25(41)12-19(13-26(28)43-30(33,34)35)27-23(32)15-36-29(38-27)37-20-6-7-24(22(31)14-20)40-10-8-21(9-11-40)39(4)5/h6-7,12-15,17-18,21H,8-11,16H2,1-5H3,(H,36,37,38). The number of nitrogens with one attached hydrogen (secondary N) is 1. The number of ether oxygens (including phenoxy) is 2. The highest BCUT2D eigenvalue weighted by atomic mass is 19.4. The molecule has 232 valence electrons. The smallest absolute Gasteiger partial charge is 0.483 e. The van der Waals surface area contributed by atoms with E-state index in [1.807, 2.05) is 37.7 Å². The Labute approximate surface area is 247 Å². The molecule has 1 fully saturated rings. The Bertz CT molecular complexity index is 1460. The first-order chi connectivity index (χ1) is 20.3. The molecule has 43 heavy (non-hydrogen) atoms. The first kappa shape index (κ1) is 30.6. The Morgan fingerprint density at radius 3 is 2.40 bits per heavy atom. The number of hydrogen-bond acceptors (Lipinski definition) is 8. The van der Waals surface area contributed by atoms with Crippen LogP contribution in [0.4, 0.5) is 45.0 Å². The number of fused-ring (bicyclic) bond motifs is 1. The van der Waals surface area contributed by atoms with Gasteiger partial charge in [-0.25, -0.2) is 18.7 Å². The van der Waals surface area contributed by atoms with Crippen molar-refractivity contribution in [2.24, 2.45) is 0 Å². The topological polar surface area (TPSA) is 66.0 Å². The molecule has 8 nitrogen and oxygen atoms in total. The van der Waals surface area contributed by atoms with Crippen molar-refractivity contribution < 1.29 is 31.4 Å². The van der Waals surface area contributed by atoms with Gasteiger partial charge in [0.05, 0.1) is 24.1 Å². The third-order valence-electron chi connectivity index (χ3n) is 7.72. The Hall–Kier alpha value is -3.87. The van der Waals surface area contributed by atoms with Gasteiger partial charge < -0.3 is 29.5 Å². The average Bonchev–Trinajstić information content (AvgIpc) is 2.93. The summed E-state index contributed by atoms with van der Waals surface area (Å²) < 4.78 is 80.4. The van der Waals surface area contributed by atoms with Crippen LogP contribution in [0, 0.1) is 11.6 Å². The summed E-state index contributed by atoms with van der Waals surface area (Å²) >= 11 is 0. The van der Waals surface area contributed by atoms with E-state index in [4.69, 9.17) is 4.74 Å². The highest BCUT2D eigenvalue weighted by Gasteiger charge is 2.36. The van der Waals surface area contributed by atoms with Crippen LogP contribution in [-0.2, 0) is 0 Å². The van der Waals surface area contributed by atoms with E-state index in [1.165, 1.54) is 12.1 Å². The molecule has 1 N–H and O–H groups in total. The molecule has 3 aromatic rings. The summed E-state index contributed by atoms with van der Waals surface area (Å²) in [6.07, 6.45) is -2.64. The van der Waals surface area contributed by atoms with Crippen LogP contribution in [0.2, 0.25) is 0 Å². The van der Waals surface area contributed by atoms with E-state index in [9.17, 15) is 13.2 Å². The number of benzene rings is 2. The van der Waals surface area contributed by atoms with Gasteiger partial charge >= 0.3 is 6.36 Å². The van der Waals surface area contributed by atoms with Crippen molar-refractivity contribution in [2.75, 3.05) is 48.8 Å². The summed E-state index contributed by atoms with van der Waals surface area (Å²) in [5, 5.41) is 2.88. The summed E-state index contributed by atoms with van der Waals surface area (Å²) in [5.41, 5.74) is 0.926. The summed E-state index contributed by atoms with van der Waals surface area (Å²) in [5.74, 6) is -2.02. The molecule has 0 aliphatic carbocycles. The van der Waals surface area contributed by atoms with Crippen LogP contribution in [0.3, 0.4) is 0 Å². The second kappa shape index (κ2) is 12.0. The fourth-order valence-corrected chi connectivity index (χ4v) is 5.58. The van der Waals surface area contributed by atoms with Crippen molar-refractivity contribution in [1.29, 1.82) is 0 Å². The maximum Gasteiger partial charge on any atom is 0.573 e. The first-order valence-electron chi connectivity index (χ1n) is 14.2. The lowest BCUT2D eigenvalue weighted by molar-refractivity contribution is -0.275. The molecule has 1 atom stereocenters. The molecule has 0 amide bonds. The second-order valence-corrected chi connectivity index (χ2v) is 11.4. The molecule has 0 radical (unpaired) electrons. The van der Waals surface area contributed by atoms with Crippen LogP contribution in [0.15, 0.2) is 36.5 Å². The van der Waals surface area contributed by atoms with Gasteiger partial charge in [0.15, 0.2) is 17.3 Å². The maximum absolute atomic E-state index is 15.2. The molecule has 3 heterocycles. The molecular weight excluding hydrogens is 571 g/mol. The van der Waals surface area contributed by atoms with E-state index in [2.05, 4.69) is 24.9 Å². The number of aromatic nitrogens is 2. The van der Waals surface area contributed by atoms with E-state index in [1.54, 1.807) is 19.1 Å². The van der Waals surface area contributed by atoms with E-state index in [0.717, 1.165) is 38.2 Å². The van der Waals surface area contributed by atoms with E-state index in [0.29, 0.717) is 29.6 Å².